The highest BCUT2D eigenvalue weighted by molar-refractivity contribution is 5.66. The number of aromatic nitrogens is 1. The molecule has 3 N–H and O–H groups in total. The molecule has 134 valence electrons. The summed E-state index contributed by atoms with van der Waals surface area (Å²) in [4.78, 5) is 14.9. The standard InChI is InChI=1S/C21H22N2O3/c1-3-16-12-20(24)21(25)19(23-16)13-22-17-8-4-14(5-9-17)15-6-10-18(26-2)11-7-15/h4-12,22,25H,3,13H2,1-2H3,(H,23,24). The van der Waals surface area contributed by atoms with Crippen molar-refractivity contribution in [1.82, 2.24) is 4.98 Å². The summed E-state index contributed by atoms with van der Waals surface area (Å²) in [6.45, 7) is 2.30. The van der Waals surface area contributed by atoms with Crippen LogP contribution in [0.15, 0.2) is 59.4 Å². The van der Waals surface area contributed by atoms with Crippen molar-refractivity contribution in [2.75, 3.05) is 12.4 Å². The average Bonchev–Trinajstić information content (AvgIpc) is 2.69. The monoisotopic (exact) mass is 350 g/mol. The van der Waals surface area contributed by atoms with E-state index < -0.39 is 0 Å². The van der Waals surface area contributed by atoms with E-state index >= 15 is 0 Å². The van der Waals surface area contributed by atoms with E-state index in [-0.39, 0.29) is 11.2 Å². The minimum absolute atomic E-state index is 0.232. The number of rotatable bonds is 6. The first-order valence-electron chi connectivity index (χ1n) is 8.53. The zero-order valence-corrected chi connectivity index (χ0v) is 14.9. The van der Waals surface area contributed by atoms with Crippen LogP contribution in [-0.4, -0.2) is 17.2 Å². The maximum absolute atomic E-state index is 11.8. The molecule has 0 saturated heterocycles. The van der Waals surface area contributed by atoms with E-state index in [1.807, 2.05) is 55.5 Å². The Bertz CT molecular complexity index is 929. The Labute approximate surface area is 152 Å². The molecule has 5 nitrogen and oxygen atoms in total. The first-order chi connectivity index (χ1) is 12.6. The first kappa shape index (κ1) is 17.6. The number of pyridine rings is 1. The fourth-order valence-electron chi connectivity index (χ4n) is 2.74. The predicted octanol–water partition coefficient (Wildman–Crippen LogP) is 3.93. The summed E-state index contributed by atoms with van der Waals surface area (Å²) in [6.07, 6.45) is 0.707. The summed E-state index contributed by atoms with van der Waals surface area (Å²) in [7, 11) is 1.65. The highest BCUT2D eigenvalue weighted by Crippen LogP contribution is 2.24. The van der Waals surface area contributed by atoms with Crippen molar-refractivity contribution < 1.29 is 9.84 Å². The fourth-order valence-corrected chi connectivity index (χ4v) is 2.74. The number of aryl methyl sites for hydroxylation is 1. The molecular weight excluding hydrogens is 328 g/mol. The van der Waals surface area contributed by atoms with Gasteiger partial charge in [-0.2, -0.15) is 0 Å². The van der Waals surface area contributed by atoms with Crippen molar-refractivity contribution in [2.24, 2.45) is 0 Å². The lowest BCUT2D eigenvalue weighted by molar-refractivity contribution is 0.415. The number of aromatic amines is 1. The van der Waals surface area contributed by atoms with Crippen molar-refractivity contribution in [3.8, 4) is 22.6 Å². The Hall–Kier alpha value is -3.21. The number of nitrogens with one attached hydrogen (secondary N) is 2. The maximum Gasteiger partial charge on any atom is 0.223 e. The molecule has 0 aliphatic rings. The Morgan fingerprint density at radius 1 is 1.04 bits per heavy atom. The van der Waals surface area contributed by atoms with Crippen LogP contribution in [0.25, 0.3) is 11.1 Å². The molecule has 26 heavy (non-hydrogen) atoms. The second kappa shape index (κ2) is 7.78. The summed E-state index contributed by atoms with van der Waals surface area (Å²) in [6, 6.07) is 17.3. The molecule has 5 heteroatoms. The zero-order chi connectivity index (χ0) is 18.5. The smallest absolute Gasteiger partial charge is 0.223 e. The van der Waals surface area contributed by atoms with Crippen LogP contribution in [0.2, 0.25) is 0 Å². The third kappa shape index (κ3) is 3.88. The average molecular weight is 350 g/mol. The van der Waals surface area contributed by atoms with E-state index in [4.69, 9.17) is 4.74 Å². The molecule has 0 fully saturated rings. The van der Waals surface area contributed by atoms with Gasteiger partial charge in [0.25, 0.3) is 0 Å². The van der Waals surface area contributed by atoms with Gasteiger partial charge >= 0.3 is 0 Å². The molecule has 0 radical (unpaired) electrons. The molecule has 1 heterocycles. The number of H-pyrrole nitrogens is 1. The van der Waals surface area contributed by atoms with Crippen molar-refractivity contribution in [3.63, 3.8) is 0 Å². The molecule has 0 unspecified atom stereocenters. The predicted molar refractivity (Wildman–Crippen MR) is 104 cm³/mol. The largest absolute Gasteiger partial charge is 0.503 e. The number of hydrogen-bond acceptors (Lipinski definition) is 4. The Morgan fingerprint density at radius 3 is 2.23 bits per heavy atom. The van der Waals surface area contributed by atoms with Gasteiger partial charge in [0, 0.05) is 17.4 Å². The third-order valence-electron chi connectivity index (χ3n) is 4.29. The number of ether oxygens (including phenoxy) is 1. The van der Waals surface area contributed by atoms with E-state index in [2.05, 4.69) is 10.3 Å². The molecule has 0 amide bonds. The number of methoxy groups -OCH3 is 1. The van der Waals surface area contributed by atoms with Crippen LogP contribution in [0, 0.1) is 0 Å². The van der Waals surface area contributed by atoms with Gasteiger partial charge in [-0.05, 0) is 41.8 Å². The summed E-state index contributed by atoms with van der Waals surface area (Å²) in [5.74, 6) is 0.597. The van der Waals surface area contributed by atoms with Gasteiger partial charge in [0.1, 0.15) is 5.75 Å². The molecule has 0 aliphatic heterocycles. The van der Waals surface area contributed by atoms with Crippen LogP contribution in [0.3, 0.4) is 0 Å². The van der Waals surface area contributed by atoms with Crippen LogP contribution in [0.4, 0.5) is 5.69 Å². The molecule has 3 rings (SSSR count). The van der Waals surface area contributed by atoms with E-state index in [0.717, 1.165) is 28.3 Å². The van der Waals surface area contributed by atoms with Crippen LogP contribution in [0.5, 0.6) is 11.5 Å². The van der Waals surface area contributed by atoms with Crippen LogP contribution < -0.4 is 15.5 Å². The number of hydrogen-bond donors (Lipinski definition) is 3. The van der Waals surface area contributed by atoms with Gasteiger partial charge in [0.05, 0.1) is 19.3 Å². The minimum Gasteiger partial charge on any atom is -0.503 e. The number of benzene rings is 2. The van der Waals surface area contributed by atoms with Gasteiger partial charge < -0.3 is 20.1 Å². The van der Waals surface area contributed by atoms with Gasteiger partial charge in [-0.15, -0.1) is 0 Å². The summed E-state index contributed by atoms with van der Waals surface area (Å²) in [5.41, 5.74) is 4.06. The van der Waals surface area contributed by atoms with E-state index in [9.17, 15) is 9.90 Å². The fraction of sp³-hybridized carbons (Fsp3) is 0.190. The van der Waals surface area contributed by atoms with Crippen molar-refractivity contribution in [2.45, 2.75) is 19.9 Å². The number of aromatic hydroxyl groups is 1. The molecule has 0 atom stereocenters. The lowest BCUT2D eigenvalue weighted by atomic mass is 10.1. The van der Waals surface area contributed by atoms with Crippen molar-refractivity contribution in [3.05, 3.63) is 76.2 Å². The van der Waals surface area contributed by atoms with Gasteiger partial charge in [-0.25, -0.2) is 0 Å². The van der Waals surface area contributed by atoms with Crippen LogP contribution in [0.1, 0.15) is 18.3 Å². The summed E-state index contributed by atoms with van der Waals surface area (Å²) >= 11 is 0. The first-order valence-corrected chi connectivity index (χ1v) is 8.53. The number of anilines is 1. The lowest BCUT2D eigenvalue weighted by Crippen LogP contribution is -2.11. The highest BCUT2D eigenvalue weighted by Gasteiger charge is 2.08. The van der Waals surface area contributed by atoms with Crippen LogP contribution in [-0.2, 0) is 13.0 Å². The Balaban J connectivity index is 1.72. The van der Waals surface area contributed by atoms with Gasteiger partial charge in [-0.1, -0.05) is 31.2 Å². The molecule has 0 saturated carbocycles. The maximum atomic E-state index is 11.8. The molecule has 3 aromatic rings. The second-order valence-electron chi connectivity index (χ2n) is 6.00. The molecule has 1 aromatic heterocycles. The Kier molecular flexibility index (Phi) is 5.27. The molecule has 0 bridgehead atoms. The second-order valence-corrected chi connectivity index (χ2v) is 6.00. The van der Waals surface area contributed by atoms with Gasteiger partial charge in [0.2, 0.25) is 5.43 Å². The Morgan fingerprint density at radius 2 is 1.65 bits per heavy atom. The molecule has 0 aliphatic carbocycles. The minimum atomic E-state index is -0.354. The third-order valence-corrected chi connectivity index (χ3v) is 4.29. The summed E-state index contributed by atoms with van der Waals surface area (Å²) < 4.78 is 5.18. The summed E-state index contributed by atoms with van der Waals surface area (Å²) in [5, 5.41) is 13.2. The lowest BCUT2D eigenvalue weighted by Gasteiger charge is -2.10. The van der Waals surface area contributed by atoms with Gasteiger partial charge in [-0.3, -0.25) is 4.79 Å². The van der Waals surface area contributed by atoms with Crippen LogP contribution >= 0.6 is 0 Å². The normalized spacial score (nSPS) is 10.5. The van der Waals surface area contributed by atoms with E-state index in [1.165, 1.54) is 6.07 Å². The molecule has 2 aromatic carbocycles. The van der Waals surface area contributed by atoms with E-state index in [0.29, 0.717) is 18.7 Å². The van der Waals surface area contributed by atoms with Gasteiger partial charge in [0.15, 0.2) is 5.75 Å². The topological polar surface area (TPSA) is 74.3 Å². The van der Waals surface area contributed by atoms with E-state index in [1.54, 1.807) is 7.11 Å². The quantitative estimate of drug-likeness (QED) is 0.630. The van der Waals surface area contributed by atoms with Crippen molar-refractivity contribution in [1.29, 1.82) is 0 Å². The zero-order valence-electron chi connectivity index (χ0n) is 14.9. The highest BCUT2D eigenvalue weighted by atomic mass is 16.5. The molecular formula is C21H22N2O3. The SMILES string of the molecule is CCc1cc(=O)c(O)c(CNc2ccc(-c3ccc(OC)cc3)cc2)[nH]1. The van der Waals surface area contributed by atoms with Crippen molar-refractivity contribution >= 4 is 5.69 Å². The molecule has 0 spiro atoms.